The van der Waals surface area contributed by atoms with Crippen LogP contribution in [-0.4, -0.2) is 28.6 Å². The van der Waals surface area contributed by atoms with Gasteiger partial charge in [-0.2, -0.15) is 11.3 Å². The summed E-state index contributed by atoms with van der Waals surface area (Å²) in [5.74, 6) is 0.429. The topological polar surface area (TPSA) is 84.0 Å². The zero-order valence-corrected chi connectivity index (χ0v) is 16.1. The van der Waals surface area contributed by atoms with Crippen molar-refractivity contribution in [1.29, 1.82) is 0 Å². The van der Waals surface area contributed by atoms with E-state index < -0.39 is 0 Å². The van der Waals surface area contributed by atoms with E-state index >= 15 is 0 Å². The number of nitrogens with one attached hydrogen (secondary N) is 2. The number of benzene rings is 1. The Labute approximate surface area is 163 Å². The van der Waals surface area contributed by atoms with Crippen molar-refractivity contribution in [2.45, 2.75) is 16.5 Å². The SMILES string of the molecule is O=C(CCNC(=O)c1ccsc1)Nc1nnc(SCc2ccccc2)s1. The van der Waals surface area contributed by atoms with Gasteiger partial charge >= 0.3 is 0 Å². The third-order valence-electron chi connectivity index (χ3n) is 3.28. The maximum absolute atomic E-state index is 11.9. The molecular weight excluding hydrogens is 388 g/mol. The van der Waals surface area contributed by atoms with Gasteiger partial charge in [0.05, 0.1) is 0 Å². The van der Waals surface area contributed by atoms with Crippen LogP contribution in [0.15, 0.2) is 51.5 Å². The van der Waals surface area contributed by atoms with Crippen LogP contribution in [0.3, 0.4) is 0 Å². The molecule has 2 amide bonds. The van der Waals surface area contributed by atoms with Crippen LogP contribution >= 0.6 is 34.4 Å². The molecule has 26 heavy (non-hydrogen) atoms. The monoisotopic (exact) mass is 404 g/mol. The molecule has 0 bridgehead atoms. The van der Waals surface area contributed by atoms with Gasteiger partial charge in [-0.1, -0.05) is 53.4 Å². The highest BCUT2D eigenvalue weighted by Crippen LogP contribution is 2.28. The van der Waals surface area contributed by atoms with E-state index in [1.165, 1.54) is 28.2 Å². The molecule has 9 heteroatoms. The van der Waals surface area contributed by atoms with Crippen LogP contribution in [0.4, 0.5) is 5.13 Å². The highest BCUT2D eigenvalue weighted by atomic mass is 32.2. The molecule has 0 aliphatic heterocycles. The lowest BCUT2D eigenvalue weighted by molar-refractivity contribution is -0.116. The zero-order chi connectivity index (χ0) is 18.2. The number of aromatic nitrogens is 2. The number of anilines is 1. The summed E-state index contributed by atoms with van der Waals surface area (Å²) in [7, 11) is 0. The van der Waals surface area contributed by atoms with Gasteiger partial charge in [0.15, 0.2) is 4.34 Å². The van der Waals surface area contributed by atoms with Crippen LogP contribution < -0.4 is 10.6 Å². The minimum absolute atomic E-state index is 0.172. The van der Waals surface area contributed by atoms with Gasteiger partial charge in [0, 0.05) is 29.7 Å². The first kappa shape index (κ1) is 18.6. The van der Waals surface area contributed by atoms with Crippen LogP contribution in [-0.2, 0) is 10.5 Å². The second-order valence-electron chi connectivity index (χ2n) is 5.21. The summed E-state index contributed by atoms with van der Waals surface area (Å²) in [6, 6.07) is 11.8. The predicted molar refractivity (Wildman–Crippen MR) is 106 cm³/mol. The fourth-order valence-electron chi connectivity index (χ4n) is 2.00. The molecule has 0 aliphatic carbocycles. The third-order valence-corrected chi connectivity index (χ3v) is 6.01. The molecule has 134 valence electrons. The van der Waals surface area contributed by atoms with Crippen LogP contribution in [0.2, 0.25) is 0 Å². The fourth-order valence-corrected chi connectivity index (χ4v) is 4.36. The first-order chi connectivity index (χ1) is 12.7. The normalized spacial score (nSPS) is 10.5. The standard InChI is InChI=1S/C17H16N4O2S3/c22-14(6-8-18-15(23)13-7-9-24-11-13)19-16-20-21-17(26-16)25-10-12-4-2-1-3-5-12/h1-5,7,9,11H,6,8,10H2,(H,18,23)(H,19,20,22). The summed E-state index contributed by atoms with van der Waals surface area (Å²) in [6.45, 7) is 0.273. The van der Waals surface area contributed by atoms with E-state index in [0.29, 0.717) is 10.7 Å². The van der Waals surface area contributed by atoms with Gasteiger partial charge in [-0.25, -0.2) is 0 Å². The molecule has 0 radical (unpaired) electrons. The van der Waals surface area contributed by atoms with E-state index in [1.54, 1.807) is 23.2 Å². The molecule has 0 unspecified atom stereocenters. The molecule has 0 atom stereocenters. The molecule has 2 aromatic heterocycles. The summed E-state index contributed by atoms with van der Waals surface area (Å²) >= 11 is 4.38. The molecule has 3 aromatic rings. The lowest BCUT2D eigenvalue weighted by Crippen LogP contribution is -2.27. The Morgan fingerprint density at radius 1 is 1.12 bits per heavy atom. The number of carbonyl (C=O) groups is 2. The predicted octanol–water partition coefficient (Wildman–Crippen LogP) is 3.65. The molecule has 6 nitrogen and oxygen atoms in total. The van der Waals surface area contributed by atoms with E-state index in [-0.39, 0.29) is 24.8 Å². The Bertz CT molecular complexity index is 850. The molecule has 0 saturated heterocycles. The minimum Gasteiger partial charge on any atom is -0.351 e. The third kappa shape index (κ3) is 5.65. The van der Waals surface area contributed by atoms with Crippen molar-refractivity contribution in [3.05, 3.63) is 58.3 Å². The number of hydrogen-bond acceptors (Lipinski definition) is 7. The Morgan fingerprint density at radius 3 is 2.73 bits per heavy atom. The number of carbonyl (C=O) groups excluding carboxylic acids is 2. The van der Waals surface area contributed by atoms with E-state index in [4.69, 9.17) is 0 Å². The van der Waals surface area contributed by atoms with Crippen molar-refractivity contribution in [3.63, 3.8) is 0 Å². The quantitative estimate of drug-likeness (QED) is 0.442. The van der Waals surface area contributed by atoms with E-state index in [2.05, 4.69) is 33.0 Å². The lowest BCUT2D eigenvalue weighted by Gasteiger charge is -2.03. The number of hydrogen-bond donors (Lipinski definition) is 2. The Balaban J connectivity index is 1.39. The van der Waals surface area contributed by atoms with Crippen molar-refractivity contribution < 1.29 is 9.59 Å². The van der Waals surface area contributed by atoms with Crippen LogP contribution in [0.1, 0.15) is 22.3 Å². The number of nitrogens with zero attached hydrogens (tertiary/aromatic N) is 2. The van der Waals surface area contributed by atoms with Crippen molar-refractivity contribution in [2.75, 3.05) is 11.9 Å². The number of thiophene rings is 1. The smallest absolute Gasteiger partial charge is 0.252 e. The zero-order valence-electron chi connectivity index (χ0n) is 13.7. The van der Waals surface area contributed by atoms with Gasteiger partial charge < -0.3 is 10.6 Å². The molecule has 0 saturated carbocycles. The summed E-state index contributed by atoms with van der Waals surface area (Å²) in [5.41, 5.74) is 1.82. The molecule has 0 aliphatic rings. The van der Waals surface area contributed by atoms with Gasteiger partial charge in [-0.05, 0) is 17.0 Å². The Morgan fingerprint density at radius 2 is 1.96 bits per heavy atom. The summed E-state index contributed by atoms with van der Waals surface area (Å²) in [4.78, 5) is 23.7. The van der Waals surface area contributed by atoms with Crippen LogP contribution in [0, 0.1) is 0 Å². The maximum Gasteiger partial charge on any atom is 0.252 e. The average Bonchev–Trinajstić information content (AvgIpc) is 3.33. The highest BCUT2D eigenvalue weighted by Gasteiger charge is 2.10. The van der Waals surface area contributed by atoms with Crippen LogP contribution in [0.25, 0.3) is 0 Å². The van der Waals surface area contributed by atoms with Gasteiger partial charge in [0.25, 0.3) is 5.91 Å². The molecule has 0 fully saturated rings. The van der Waals surface area contributed by atoms with Gasteiger partial charge in [-0.15, -0.1) is 10.2 Å². The second-order valence-corrected chi connectivity index (χ2v) is 8.19. The van der Waals surface area contributed by atoms with E-state index in [9.17, 15) is 9.59 Å². The van der Waals surface area contributed by atoms with Crippen molar-refractivity contribution in [3.8, 4) is 0 Å². The molecule has 2 N–H and O–H groups in total. The van der Waals surface area contributed by atoms with Crippen LogP contribution in [0.5, 0.6) is 0 Å². The summed E-state index contributed by atoms with van der Waals surface area (Å²) in [6.07, 6.45) is 0.182. The molecular formula is C17H16N4O2S3. The summed E-state index contributed by atoms with van der Waals surface area (Å²) in [5, 5.41) is 17.6. The Hall–Kier alpha value is -2.23. The van der Waals surface area contributed by atoms with Gasteiger partial charge in [-0.3, -0.25) is 9.59 Å². The number of amides is 2. The minimum atomic E-state index is -0.202. The highest BCUT2D eigenvalue weighted by molar-refractivity contribution is 8.00. The first-order valence-electron chi connectivity index (χ1n) is 7.81. The van der Waals surface area contributed by atoms with Crippen molar-refractivity contribution in [2.24, 2.45) is 0 Å². The van der Waals surface area contributed by atoms with E-state index in [1.807, 2.05) is 23.6 Å². The van der Waals surface area contributed by atoms with Gasteiger partial charge in [0.1, 0.15) is 0 Å². The number of thioether (sulfide) groups is 1. The van der Waals surface area contributed by atoms with E-state index in [0.717, 1.165) is 10.1 Å². The molecule has 2 heterocycles. The first-order valence-corrected chi connectivity index (χ1v) is 10.6. The van der Waals surface area contributed by atoms with Crippen molar-refractivity contribution >= 4 is 51.4 Å². The number of rotatable bonds is 8. The molecule has 0 spiro atoms. The second kappa shape index (κ2) is 9.46. The lowest BCUT2D eigenvalue weighted by atomic mass is 10.2. The summed E-state index contributed by atoms with van der Waals surface area (Å²) < 4.78 is 0.801. The largest absolute Gasteiger partial charge is 0.351 e. The van der Waals surface area contributed by atoms with Gasteiger partial charge in [0.2, 0.25) is 11.0 Å². The molecule has 3 rings (SSSR count). The maximum atomic E-state index is 11.9. The Kier molecular flexibility index (Phi) is 6.75. The fraction of sp³-hybridized carbons (Fsp3) is 0.176. The average molecular weight is 405 g/mol. The molecule has 1 aromatic carbocycles. The van der Waals surface area contributed by atoms with Crippen molar-refractivity contribution in [1.82, 2.24) is 15.5 Å².